The largest absolute Gasteiger partial charge is 0.496 e. The smallest absolute Gasteiger partial charge is 0.182 e. The lowest BCUT2D eigenvalue weighted by atomic mass is 9.88. The van der Waals surface area contributed by atoms with Crippen molar-refractivity contribution in [3.05, 3.63) is 28.8 Å². The zero-order chi connectivity index (χ0) is 15.5. The normalized spacial score (nSPS) is 11.8. The summed E-state index contributed by atoms with van der Waals surface area (Å²) in [5.41, 5.74) is 2.27. The van der Waals surface area contributed by atoms with Crippen LogP contribution in [-0.4, -0.2) is 36.4 Å². The number of carbonyl (C=O) groups is 1. The lowest BCUT2D eigenvalue weighted by Crippen LogP contribution is -2.50. The Morgan fingerprint density at radius 2 is 1.70 bits per heavy atom. The Balaban J connectivity index is 3.24. The molecule has 0 saturated carbocycles. The highest BCUT2D eigenvalue weighted by atomic mass is 16.5. The van der Waals surface area contributed by atoms with Gasteiger partial charge in [-0.3, -0.25) is 9.69 Å². The number of Topliss-reactive ketones (excluding diaryl/α,β-unsaturated/α-hetero) is 1. The van der Waals surface area contributed by atoms with Crippen LogP contribution in [0.1, 0.15) is 49.2 Å². The quantitative estimate of drug-likeness (QED) is 0.744. The topological polar surface area (TPSA) is 29.5 Å². The van der Waals surface area contributed by atoms with Crippen LogP contribution in [0.3, 0.4) is 0 Å². The highest BCUT2D eigenvalue weighted by molar-refractivity contribution is 6.04. The van der Waals surface area contributed by atoms with Crippen molar-refractivity contribution in [1.29, 1.82) is 0 Å². The SMILES string of the molecule is CCN(CC)C(C)(C)C(=O)c1cc(C)c(OC)cc1C. The van der Waals surface area contributed by atoms with E-state index in [0.29, 0.717) is 0 Å². The van der Waals surface area contributed by atoms with E-state index in [0.717, 1.165) is 35.5 Å². The molecule has 0 spiro atoms. The van der Waals surface area contributed by atoms with Crippen molar-refractivity contribution in [2.45, 2.75) is 47.1 Å². The Morgan fingerprint density at radius 1 is 1.15 bits per heavy atom. The monoisotopic (exact) mass is 277 g/mol. The summed E-state index contributed by atoms with van der Waals surface area (Å²) in [6, 6.07) is 3.89. The van der Waals surface area contributed by atoms with Gasteiger partial charge in [-0.2, -0.15) is 0 Å². The van der Waals surface area contributed by atoms with Crippen LogP contribution in [0.25, 0.3) is 0 Å². The molecule has 0 aliphatic carbocycles. The number of methoxy groups -OCH3 is 1. The minimum absolute atomic E-state index is 0.171. The number of ether oxygens (including phenoxy) is 1. The van der Waals surface area contributed by atoms with E-state index in [9.17, 15) is 4.79 Å². The molecule has 3 nitrogen and oxygen atoms in total. The summed E-state index contributed by atoms with van der Waals surface area (Å²) in [6.45, 7) is 13.8. The summed E-state index contributed by atoms with van der Waals surface area (Å²) in [5, 5.41) is 0. The molecule has 0 fully saturated rings. The van der Waals surface area contributed by atoms with E-state index in [1.165, 1.54) is 0 Å². The average Bonchev–Trinajstić information content (AvgIpc) is 2.41. The summed E-state index contributed by atoms with van der Waals surface area (Å²) >= 11 is 0. The molecular weight excluding hydrogens is 250 g/mol. The second-order valence-electron chi connectivity index (χ2n) is 5.70. The van der Waals surface area contributed by atoms with Gasteiger partial charge in [-0.15, -0.1) is 0 Å². The first-order valence-electron chi connectivity index (χ1n) is 7.24. The van der Waals surface area contributed by atoms with Crippen LogP contribution in [-0.2, 0) is 0 Å². The van der Waals surface area contributed by atoms with E-state index in [2.05, 4.69) is 18.7 Å². The summed E-state index contributed by atoms with van der Waals surface area (Å²) in [4.78, 5) is 15.1. The van der Waals surface area contributed by atoms with Crippen LogP contribution in [0.5, 0.6) is 5.75 Å². The molecule has 0 aliphatic heterocycles. The fraction of sp³-hybridized carbons (Fsp3) is 0.588. The van der Waals surface area contributed by atoms with Gasteiger partial charge in [-0.1, -0.05) is 13.8 Å². The highest BCUT2D eigenvalue weighted by Gasteiger charge is 2.34. The van der Waals surface area contributed by atoms with Crippen molar-refractivity contribution in [3.8, 4) is 5.75 Å². The maximum Gasteiger partial charge on any atom is 0.182 e. The van der Waals surface area contributed by atoms with E-state index in [-0.39, 0.29) is 5.78 Å². The first-order valence-corrected chi connectivity index (χ1v) is 7.24. The maximum atomic E-state index is 12.9. The van der Waals surface area contributed by atoms with Gasteiger partial charge in [0.15, 0.2) is 5.78 Å². The van der Waals surface area contributed by atoms with Crippen molar-refractivity contribution in [1.82, 2.24) is 4.90 Å². The molecular formula is C17H27NO2. The molecule has 0 amide bonds. The second kappa shape index (κ2) is 6.40. The number of carbonyl (C=O) groups excluding carboxylic acids is 1. The van der Waals surface area contributed by atoms with Gasteiger partial charge in [-0.25, -0.2) is 0 Å². The summed E-state index contributed by atoms with van der Waals surface area (Å²) in [6.07, 6.45) is 0. The molecule has 0 unspecified atom stereocenters. The minimum atomic E-state index is -0.491. The Bertz CT molecular complexity index is 488. The van der Waals surface area contributed by atoms with Crippen LogP contribution < -0.4 is 4.74 Å². The lowest BCUT2D eigenvalue weighted by Gasteiger charge is -2.36. The van der Waals surface area contributed by atoms with E-state index in [1.54, 1.807) is 7.11 Å². The molecule has 3 heteroatoms. The molecule has 0 bridgehead atoms. The van der Waals surface area contributed by atoms with Crippen LogP contribution in [0.4, 0.5) is 0 Å². The molecule has 20 heavy (non-hydrogen) atoms. The molecule has 0 radical (unpaired) electrons. The van der Waals surface area contributed by atoms with Gasteiger partial charge in [0.1, 0.15) is 5.75 Å². The molecule has 112 valence electrons. The van der Waals surface area contributed by atoms with Gasteiger partial charge in [0.25, 0.3) is 0 Å². The molecule has 0 saturated heterocycles. The van der Waals surface area contributed by atoms with Crippen molar-refractivity contribution < 1.29 is 9.53 Å². The van der Waals surface area contributed by atoms with Crippen molar-refractivity contribution in [3.63, 3.8) is 0 Å². The Morgan fingerprint density at radius 3 is 2.15 bits per heavy atom. The van der Waals surface area contributed by atoms with Gasteiger partial charge in [0.2, 0.25) is 0 Å². The molecule has 1 rings (SSSR count). The highest BCUT2D eigenvalue weighted by Crippen LogP contribution is 2.27. The molecule has 0 aromatic heterocycles. The van der Waals surface area contributed by atoms with E-state index in [4.69, 9.17) is 4.74 Å². The lowest BCUT2D eigenvalue weighted by molar-refractivity contribution is 0.0668. The number of rotatable bonds is 6. The number of hydrogen-bond acceptors (Lipinski definition) is 3. The summed E-state index contributed by atoms with van der Waals surface area (Å²) < 4.78 is 5.31. The zero-order valence-corrected chi connectivity index (χ0v) is 13.8. The fourth-order valence-corrected chi connectivity index (χ4v) is 2.74. The van der Waals surface area contributed by atoms with Crippen molar-refractivity contribution in [2.24, 2.45) is 0 Å². The van der Waals surface area contributed by atoms with E-state index >= 15 is 0 Å². The number of aryl methyl sites for hydroxylation is 2. The molecule has 1 aromatic rings. The summed E-state index contributed by atoms with van der Waals surface area (Å²) in [5.74, 6) is 1.00. The van der Waals surface area contributed by atoms with Crippen molar-refractivity contribution >= 4 is 5.78 Å². The van der Waals surface area contributed by atoms with E-state index in [1.807, 2.05) is 39.8 Å². The standard InChI is InChI=1S/C17H27NO2/c1-8-18(9-2)17(5,6)16(19)14-10-13(4)15(20-7)11-12(14)3/h10-11H,8-9H2,1-7H3. The maximum absolute atomic E-state index is 12.9. The van der Waals surface area contributed by atoms with Crippen molar-refractivity contribution in [2.75, 3.05) is 20.2 Å². The predicted molar refractivity (Wildman–Crippen MR) is 83.8 cm³/mol. The molecule has 0 aliphatic rings. The van der Waals surface area contributed by atoms with Gasteiger partial charge in [0, 0.05) is 5.56 Å². The first-order chi connectivity index (χ1) is 9.29. The van der Waals surface area contributed by atoms with Crippen LogP contribution in [0, 0.1) is 13.8 Å². The number of nitrogens with zero attached hydrogens (tertiary/aromatic N) is 1. The molecule has 1 aromatic carbocycles. The van der Waals surface area contributed by atoms with E-state index < -0.39 is 5.54 Å². The first kappa shape index (κ1) is 16.7. The Kier molecular flexibility index (Phi) is 5.35. The number of benzene rings is 1. The molecule has 0 atom stereocenters. The van der Waals surface area contributed by atoms with Crippen LogP contribution in [0.15, 0.2) is 12.1 Å². The predicted octanol–water partition coefficient (Wildman–Crippen LogP) is 3.62. The second-order valence-corrected chi connectivity index (χ2v) is 5.70. The van der Waals surface area contributed by atoms with Gasteiger partial charge >= 0.3 is 0 Å². The van der Waals surface area contributed by atoms with Crippen LogP contribution >= 0.6 is 0 Å². The minimum Gasteiger partial charge on any atom is -0.496 e. The molecule has 0 N–H and O–H groups in total. The van der Waals surface area contributed by atoms with Gasteiger partial charge < -0.3 is 4.74 Å². The van der Waals surface area contributed by atoms with Crippen LogP contribution in [0.2, 0.25) is 0 Å². The average molecular weight is 277 g/mol. The Labute approximate surface area is 122 Å². The molecule has 0 heterocycles. The van der Waals surface area contributed by atoms with Gasteiger partial charge in [0.05, 0.1) is 12.6 Å². The zero-order valence-electron chi connectivity index (χ0n) is 13.8. The third kappa shape index (κ3) is 3.04. The number of likely N-dealkylation sites (N-methyl/N-ethyl adjacent to an activating group) is 1. The number of hydrogen-bond donors (Lipinski definition) is 0. The number of ketones is 1. The third-order valence-corrected chi connectivity index (χ3v) is 4.10. The fourth-order valence-electron chi connectivity index (χ4n) is 2.74. The summed E-state index contributed by atoms with van der Waals surface area (Å²) in [7, 11) is 1.66. The van der Waals surface area contributed by atoms with Gasteiger partial charge in [-0.05, 0) is 64.0 Å². The third-order valence-electron chi connectivity index (χ3n) is 4.10. The Hall–Kier alpha value is -1.35.